The average Bonchev–Trinajstić information content (AvgIpc) is 3.12. The molecule has 0 radical (unpaired) electrons. The van der Waals surface area contributed by atoms with E-state index in [0.29, 0.717) is 24.0 Å². The molecule has 2 heterocycles. The summed E-state index contributed by atoms with van der Waals surface area (Å²) in [5, 5.41) is 14.1. The maximum atomic E-state index is 10.0. The zero-order valence-corrected chi connectivity index (χ0v) is 14.8. The summed E-state index contributed by atoms with van der Waals surface area (Å²) in [6.07, 6.45) is 0. The quantitative estimate of drug-likeness (QED) is 0.780. The first-order chi connectivity index (χ1) is 12.7. The van der Waals surface area contributed by atoms with Gasteiger partial charge in [-0.15, -0.1) is 0 Å². The molecule has 0 spiro atoms. The minimum atomic E-state index is 0.334. The van der Waals surface area contributed by atoms with E-state index in [-0.39, 0.29) is 0 Å². The number of anilines is 1. The van der Waals surface area contributed by atoms with E-state index in [2.05, 4.69) is 39.0 Å². The fourth-order valence-electron chi connectivity index (χ4n) is 3.29. The van der Waals surface area contributed by atoms with Gasteiger partial charge in [0.15, 0.2) is 0 Å². The van der Waals surface area contributed by atoms with Crippen molar-refractivity contribution < 1.29 is 9.63 Å². The third kappa shape index (κ3) is 3.55. The molecular formula is C20H22N4O2. The third-order valence-electron chi connectivity index (χ3n) is 4.70. The van der Waals surface area contributed by atoms with E-state index in [1.54, 1.807) is 6.07 Å². The molecule has 1 saturated heterocycles. The van der Waals surface area contributed by atoms with Crippen LogP contribution in [0.15, 0.2) is 53.1 Å². The lowest BCUT2D eigenvalue weighted by Gasteiger charge is -2.35. The Morgan fingerprint density at radius 2 is 1.85 bits per heavy atom. The Morgan fingerprint density at radius 3 is 2.62 bits per heavy atom. The van der Waals surface area contributed by atoms with Crippen molar-refractivity contribution in [2.24, 2.45) is 0 Å². The van der Waals surface area contributed by atoms with Crippen molar-refractivity contribution >= 4 is 5.69 Å². The molecule has 4 rings (SSSR count). The van der Waals surface area contributed by atoms with Crippen molar-refractivity contribution in [2.45, 2.75) is 13.5 Å². The first-order valence-corrected chi connectivity index (χ1v) is 8.84. The van der Waals surface area contributed by atoms with Gasteiger partial charge in [-0.1, -0.05) is 41.1 Å². The second kappa shape index (κ2) is 7.17. The molecule has 1 fully saturated rings. The molecule has 6 nitrogen and oxygen atoms in total. The Balaban J connectivity index is 1.37. The molecule has 0 unspecified atom stereocenters. The lowest BCUT2D eigenvalue weighted by molar-refractivity contribution is 0.215. The Kier molecular flexibility index (Phi) is 4.58. The standard InChI is InChI=1S/C20H22N4O2/c1-15-5-4-6-16(13-15)20-21-19(26-22-20)14-23-9-11-24(12-10-23)17-7-2-3-8-18(17)25/h2-8,13,25H,9-12,14H2,1H3. The Hall–Kier alpha value is -2.86. The molecule has 1 aliphatic rings. The largest absolute Gasteiger partial charge is 0.506 e. The van der Waals surface area contributed by atoms with Crippen molar-refractivity contribution in [3.05, 3.63) is 60.0 Å². The van der Waals surface area contributed by atoms with Crippen LogP contribution in [0.2, 0.25) is 0 Å². The van der Waals surface area contributed by atoms with E-state index >= 15 is 0 Å². The number of piperazine rings is 1. The van der Waals surface area contributed by atoms with E-state index in [0.717, 1.165) is 37.4 Å². The maximum Gasteiger partial charge on any atom is 0.241 e. The first kappa shape index (κ1) is 16.6. The van der Waals surface area contributed by atoms with Crippen LogP contribution in [0.5, 0.6) is 5.75 Å². The molecule has 1 aromatic heterocycles. The molecule has 2 aromatic carbocycles. The number of para-hydroxylation sites is 2. The summed E-state index contributed by atoms with van der Waals surface area (Å²) in [7, 11) is 0. The molecule has 0 saturated carbocycles. The van der Waals surface area contributed by atoms with Gasteiger partial charge < -0.3 is 14.5 Å². The summed E-state index contributed by atoms with van der Waals surface area (Å²) in [5.41, 5.74) is 3.05. The van der Waals surface area contributed by atoms with Gasteiger partial charge in [-0.2, -0.15) is 4.98 Å². The van der Waals surface area contributed by atoms with E-state index in [4.69, 9.17) is 4.52 Å². The molecule has 134 valence electrons. The molecule has 26 heavy (non-hydrogen) atoms. The molecule has 1 aliphatic heterocycles. The van der Waals surface area contributed by atoms with E-state index in [9.17, 15) is 5.11 Å². The molecule has 0 amide bonds. The second-order valence-electron chi connectivity index (χ2n) is 6.63. The lowest BCUT2D eigenvalue weighted by atomic mass is 10.1. The summed E-state index contributed by atoms with van der Waals surface area (Å²) in [6, 6.07) is 15.6. The van der Waals surface area contributed by atoms with E-state index in [1.165, 1.54) is 5.56 Å². The average molecular weight is 350 g/mol. The number of hydrogen-bond donors (Lipinski definition) is 1. The van der Waals surface area contributed by atoms with Crippen LogP contribution < -0.4 is 4.90 Å². The Labute approximate surface area is 152 Å². The van der Waals surface area contributed by atoms with Crippen LogP contribution >= 0.6 is 0 Å². The van der Waals surface area contributed by atoms with Gasteiger partial charge in [0.25, 0.3) is 0 Å². The molecule has 0 atom stereocenters. The predicted molar refractivity (Wildman–Crippen MR) is 100 cm³/mol. The number of hydrogen-bond acceptors (Lipinski definition) is 6. The maximum absolute atomic E-state index is 10.0. The number of aromatic hydroxyl groups is 1. The highest BCUT2D eigenvalue weighted by atomic mass is 16.5. The number of aromatic nitrogens is 2. The van der Waals surface area contributed by atoms with Crippen LogP contribution in [0, 0.1) is 6.92 Å². The highest BCUT2D eigenvalue weighted by Gasteiger charge is 2.21. The topological polar surface area (TPSA) is 65.6 Å². The smallest absolute Gasteiger partial charge is 0.241 e. The fourth-order valence-corrected chi connectivity index (χ4v) is 3.29. The van der Waals surface area contributed by atoms with Gasteiger partial charge in [0.1, 0.15) is 5.75 Å². The van der Waals surface area contributed by atoms with Gasteiger partial charge >= 0.3 is 0 Å². The Morgan fingerprint density at radius 1 is 1.04 bits per heavy atom. The van der Waals surface area contributed by atoms with Crippen LogP contribution in [0.3, 0.4) is 0 Å². The van der Waals surface area contributed by atoms with Crippen LogP contribution in [0.25, 0.3) is 11.4 Å². The van der Waals surface area contributed by atoms with Crippen molar-refractivity contribution in [1.29, 1.82) is 0 Å². The summed E-state index contributed by atoms with van der Waals surface area (Å²) in [4.78, 5) is 9.04. The van der Waals surface area contributed by atoms with Crippen molar-refractivity contribution in [2.75, 3.05) is 31.1 Å². The molecule has 0 aliphatic carbocycles. The summed E-state index contributed by atoms with van der Waals surface area (Å²) < 4.78 is 5.44. The van der Waals surface area contributed by atoms with Gasteiger partial charge in [-0.25, -0.2) is 0 Å². The monoisotopic (exact) mass is 350 g/mol. The second-order valence-corrected chi connectivity index (χ2v) is 6.63. The van der Waals surface area contributed by atoms with Crippen LogP contribution in [-0.4, -0.2) is 46.3 Å². The summed E-state index contributed by atoms with van der Waals surface area (Å²) in [5.74, 6) is 1.61. The SMILES string of the molecule is Cc1cccc(-c2noc(CN3CCN(c4ccccc4O)CC3)n2)c1. The van der Waals surface area contributed by atoms with Gasteiger partial charge in [0.2, 0.25) is 11.7 Å². The van der Waals surface area contributed by atoms with E-state index in [1.807, 2.05) is 30.3 Å². The third-order valence-corrected chi connectivity index (χ3v) is 4.70. The van der Waals surface area contributed by atoms with Crippen LogP contribution in [0.4, 0.5) is 5.69 Å². The van der Waals surface area contributed by atoms with Crippen LogP contribution in [-0.2, 0) is 6.54 Å². The number of phenolic OH excluding ortho intramolecular Hbond substituents is 1. The summed E-state index contributed by atoms with van der Waals surface area (Å²) >= 11 is 0. The zero-order chi connectivity index (χ0) is 17.9. The molecule has 6 heteroatoms. The van der Waals surface area contributed by atoms with Crippen molar-refractivity contribution in [1.82, 2.24) is 15.0 Å². The molecule has 1 N–H and O–H groups in total. The number of phenols is 1. The first-order valence-electron chi connectivity index (χ1n) is 8.84. The van der Waals surface area contributed by atoms with Gasteiger partial charge in [0.05, 0.1) is 12.2 Å². The highest BCUT2D eigenvalue weighted by Crippen LogP contribution is 2.27. The number of benzene rings is 2. The minimum absolute atomic E-state index is 0.334. The van der Waals surface area contributed by atoms with E-state index < -0.39 is 0 Å². The summed E-state index contributed by atoms with van der Waals surface area (Å²) in [6.45, 7) is 6.18. The molecule has 0 bridgehead atoms. The fraction of sp³-hybridized carbons (Fsp3) is 0.300. The normalized spacial score (nSPS) is 15.3. The number of nitrogens with zero attached hydrogens (tertiary/aromatic N) is 4. The highest BCUT2D eigenvalue weighted by molar-refractivity contribution is 5.58. The minimum Gasteiger partial charge on any atom is -0.506 e. The lowest BCUT2D eigenvalue weighted by Crippen LogP contribution is -2.46. The predicted octanol–water partition coefficient (Wildman–Crippen LogP) is 3.07. The van der Waals surface area contributed by atoms with Crippen LogP contribution in [0.1, 0.15) is 11.5 Å². The van der Waals surface area contributed by atoms with Crippen molar-refractivity contribution in [3.8, 4) is 17.1 Å². The van der Waals surface area contributed by atoms with Crippen molar-refractivity contribution in [3.63, 3.8) is 0 Å². The molecular weight excluding hydrogens is 328 g/mol. The number of rotatable bonds is 4. The molecule has 3 aromatic rings. The van der Waals surface area contributed by atoms with Gasteiger partial charge in [-0.3, -0.25) is 4.90 Å². The number of aryl methyl sites for hydroxylation is 1. The van der Waals surface area contributed by atoms with Gasteiger partial charge in [-0.05, 0) is 25.1 Å². The van der Waals surface area contributed by atoms with Gasteiger partial charge in [0, 0.05) is 31.7 Å². The Bertz CT molecular complexity index is 885. The zero-order valence-electron chi connectivity index (χ0n) is 14.8.